The zero-order chi connectivity index (χ0) is 18.8. The number of guanidine groups is 1. The first-order valence-electron chi connectivity index (χ1n) is 10.2. The van der Waals surface area contributed by atoms with E-state index in [0.29, 0.717) is 19.7 Å². The first kappa shape index (κ1) is 20.8. The van der Waals surface area contributed by atoms with Crippen LogP contribution in [-0.4, -0.2) is 92.8 Å². The van der Waals surface area contributed by atoms with Crippen LogP contribution in [0.25, 0.3) is 0 Å². The zero-order valence-corrected chi connectivity index (χ0v) is 16.9. The second kappa shape index (κ2) is 11.3. The van der Waals surface area contributed by atoms with Crippen molar-refractivity contribution in [2.75, 3.05) is 66.0 Å². The number of hydrogen-bond donors (Lipinski definition) is 1. The van der Waals surface area contributed by atoms with E-state index in [-0.39, 0.29) is 6.09 Å². The second-order valence-electron chi connectivity index (χ2n) is 7.38. The largest absolute Gasteiger partial charge is 0.450 e. The van der Waals surface area contributed by atoms with Crippen molar-refractivity contribution in [1.82, 2.24) is 20.0 Å². The molecule has 0 saturated carbocycles. The molecule has 0 unspecified atom stereocenters. The molecule has 0 aliphatic carbocycles. The molecule has 7 heteroatoms. The lowest BCUT2D eigenvalue weighted by atomic mass is 9.99. The van der Waals surface area contributed by atoms with Crippen LogP contribution in [0, 0.1) is 5.92 Å². The quantitative estimate of drug-likeness (QED) is 0.441. The Hall–Kier alpha value is -1.50. The van der Waals surface area contributed by atoms with E-state index in [2.05, 4.69) is 27.0 Å². The molecule has 0 bridgehead atoms. The fourth-order valence-electron chi connectivity index (χ4n) is 3.59. The molecule has 0 aromatic rings. The van der Waals surface area contributed by atoms with Gasteiger partial charge in [0.05, 0.1) is 6.61 Å². The van der Waals surface area contributed by atoms with Gasteiger partial charge in [0.2, 0.25) is 0 Å². The minimum absolute atomic E-state index is 0.206. The number of carbonyl (C=O) groups is 1. The fourth-order valence-corrected chi connectivity index (χ4v) is 3.59. The fraction of sp³-hybridized carbons (Fsp3) is 0.895. The van der Waals surface area contributed by atoms with E-state index in [0.717, 1.165) is 37.9 Å². The molecule has 0 radical (unpaired) electrons. The smallest absolute Gasteiger partial charge is 0.409 e. The maximum atomic E-state index is 11.8. The van der Waals surface area contributed by atoms with Gasteiger partial charge in [0.25, 0.3) is 0 Å². The van der Waals surface area contributed by atoms with Crippen molar-refractivity contribution in [3.05, 3.63) is 0 Å². The maximum absolute atomic E-state index is 11.8. The van der Waals surface area contributed by atoms with Crippen LogP contribution >= 0.6 is 0 Å². The summed E-state index contributed by atoms with van der Waals surface area (Å²) in [5, 5.41) is 3.48. The highest BCUT2D eigenvalue weighted by Crippen LogP contribution is 2.16. The zero-order valence-electron chi connectivity index (χ0n) is 16.9. The van der Waals surface area contributed by atoms with Gasteiger partial charge in [-0.1, -0.05) is 6.92 Å². The third-order valence-corrected chi connectivity index (χ3v) is 5.38. The van der Waals surface area contributed by atoms with Gasteiger partial charge < -0.3 is 24.8 Å². The number of hydrogen-bond acceptors (Lipinski definition) is 4. The van der Waals surface area contributed by atoms with Crippen LogP contribution in [0.5, 0.6) is 0 Å². The Morgan fingerprint density at radius 2 is 1.73 bits per heavy atom. The lowest BCUT2D eigenvalue weighted by Crippen LogP contribution is -2.54. The molecule has 2 aliphatic rings. The third kappa shape index (κ3) is 6.67. The topological polar surface area (TPSA) is 60.4 Å². The highest BCUT2D eigenvalue weighted by Gasteiger charge is 2.23. The molecule has 2 aliphatic heterocycles. The standard InChI is InChI=1S/C19H37N5O2/c1-4-26-19(25)24-15-13-23(14-16-24)18(20-3)21-9-5-6-10-22-11-7-17(2)8-12-22/h17H,4-16H2,1-3H3,(H,20,21). The number of aliphatic imine (C=N–C) groups is 1. The van der Waals surface area contributed by atoms with E-state index < -0.39 is 0 Å². The Morgan fingerprint density at radius 1 is 1.08 bits per heavy atom. The van der Waals surface area contributed by atoms with Crippen molar-refractivity contribution >= 4 is 12.1 Å². The Balaban J connectivity index is 1.59. The average Bonchev–Trinajstić information content (AvgIpc) is 2.66. The SMILES string of the molecule is CCOC(=O)N1CCN(C(=NC)NCCCCN2CCC(C)CC2)CC1. The summed E-state index contributed by atoms with van der Waals surface area (Å²) in [5.74, 6) is 1.85. The monoisotopic (exact) mass is 367 g/mol. The van der Waals surface area contributed by atoms with Gasteiger partial charge in [-0.05, 0) is 58.2 Å². The Labute approximate surface area is 158 Å². The van der Waals surface area contributed by atoms with Gasteiger partial charge in [0, 0.05) is 39.8 Å². The van der Waals surface area contributed by atoms with E-state index in [1.54, 1.807) is 4.90 Å². The number of piperazine rings is 1. The number of ether oxygens (including phenoxy) is 1. The Kier molecular flexibility index (Phi) is 9.01. The van der Waals surface area contributed by atoms with Crippen LogP contribution in [0.15, 0.2) is 4.99 Å². The summed E-state index contributed by atoms with van der Waals surface area (Å²) >= 11 is 0. The molecule has 0 spiro atoms. The van der Waals surface area contributed by atoms with Gasteiger partial charge in [0.1, 0.15) is 0 Å². The van der Waals surface area contributed by atoms with Crippen LogP contribution in [0.3, 0.4) is 0 Å². The van der Waals surface area contributed by atoms with Crippen molar-refractivity contribution in [1.29, 1.82) is 0 Å². The molecule has 7 nitrogen and oxygen atoms in total. The minimum atomic E-state index is -0.206. The predicted molar refractivity (Wildman–Crippen MR) is 106 cm³/mol. The summed E-state index contributed by atoms with van der Waals surface area (Å²) in [5.41, 5.74) is 0. The molecular formula is C19H37N5O2. The number of unbranched alkanes of at least 4 members (excludes halogenated alkanes) is 1. The molecule has 2 heterocycles. The summed E-state index contributed by atoms with van der Waals surface area (Å²) in [7, 11) is 1.83. The molecule has 0 aromatic carbocycles. The summed E-state index contributed by atoms with van der Waals surface area (Å²) in [6.45, 7) is 12.3. The first-order valence-corrected chi connectivity index (χ1v) is 10.2. The lowest BCUT2D eigenvalue weighted by molar-refractivity contribution is 0.0914. The summed E-state index contributed by atoms with van der Waals surface area (Å²) in [6.07, 6.45) is 4.89. The molecule has 150 valence electrons. The van der Waals surface area contributed by atoms with E-state index >= 15 is 0 Å². The summed E-state index contributed by atoms with van der Waals surface area (Å²) in [4.78, 5) is 22.8. The van der Waals surface area contributed by atoms with Crippen molar-refractivity contribution in [3.63, 3.8) is 0 Å². The van der Waals surface area contributed by atoms with E-state index in [1.807, 2.05) is 14.0 Å². The normalized spacial score (nSPS) is 20.3. The van der Waals surface area contributed by atoms with Crippen molar-refractivity contribution in [2.24, 2.45) is 10.9 Å². The molecular weight excluding hydrogens is 330 g/mol. The molecule has 2 fully saturated rings. The average molecular weight is 368 g/mol. The van der Waals surface area contributed by atoms with E-state index in [1.165, 1.54) is 38.9 Å². The lowest BCUT2D eigenvalue weighted by Gasteiger charge is -2.35. The molecule has 0 aromatic heterocycles. The van der Waals surface area contributed by atoms with Gasteiger partial charge >= 0.3 is 6.09 Å². The van der Waals surface area contributed by atoms with Crippen LogP contribution in [0.4, 0.5) is 4.79 Å². The van der Waals surface area contributed by atoms with E-state index in [9.17, 15) is 4.79 Å². The molecule has 1 N–H and O–H groups in total. The van der Waals surface area contributed by atoms with Crippen LogP contribution in [-0.2, 0) is 4.74 Å². The van der Waals surface area contributed by atoms with Gasteiger partial charge in [0.15, 0.2) is 5.96 Å². The summed E-state index contributed by atoms with van der Waals surface area (Å²) in [6, 6.07) is 0. The van der Waals surface area contributed by atoms with Gasteiger partial charge in [-0.25, -0.2) is 4.79 Å². The number of likely N-dealkylation sites (tertiary alicyclic amines) is 1. The first-order chi connectivity index (χ1) is 12.6. The number of piperidine rings is 1. The molecule has 26 heavy (non-hydrogen) atoms. The maximum Gasteiger partial charge on any atom is 0.409 e. The predicted octanol–water partition coefficient (Wildman–Crippen LogP) is 1.85. The van der Waals surface area contributed by atoms with E-state index in [4.69, 9.17) is 4.74 Å². The number of nitrogens with zero attached hydrogens (tertiary/aromatic N) is 4. The molecule has 2 rings (SSSR count). The molecule has 1 amide bonds. The van der Waals surface area contributed by atoms with Crippen molar-refractivity contribution in [2.45, 2.75) is 39.5 Å². The van der Waals surface area contributed by atoms with Crippen LogP contribution in [0.2, 0.25) is 0 Å². The Morgan fingerprint density at radius 3 is 2.35 bits per heavy atom. The number of rotatable bonds is 6. The van der Waals surface area contributed by atoms with Gasteiger partial charge in [-0.3, -0.25) is 4.99 Å². The van der Waals surface area contributed by atoms with Gasteiger partial charge in [-0.2, -0.15) is 0 Å². The van der Waals surface area contributed by atoms with Crippen molar-refractivity contribution in [3.8, 4) is 0 Å². The van der Waals surface area contributed by atoms with Crippen LogP contribution in [0.1, 0.15) is 39.5 Å². The number of carbonyl (C=O) groups excluding carboxylic acids is 1. The minimum Gasteiger partial charge on any atom is -0.450 e. The Bertz CT molecular complexity index is 441. The van der Waals surface area contributed by atoms with Crippen LogP contribution < -0.4 is 5.32 Å². The highest BCUT2D eigenvalue weighted by atomic mass is 16.6. The van der Waals surface area contributed by atoms with Gasteiger partial charge in [-0.15, -0.1) is 0 Å². The second-order valence-corrected chi connectivity index (χ2v) is 7.38. The number of nitrogens with one attached hydrogen (secondary N) is 1. The highest BCUT2D eigenvalue weighted by molar-refractivity contribution is 5.80. The molecule has 2 saturated heterocycles. The summed E-state index contributed by atoms with van der Waals surface area (Å²) < 4.78 is 5.07. The number of amides is 1. The molecule has 0 atom stereocenters. The van der Waals surface area contributed by atoms with Crippen molar-refractivity contribution < 1.29 is 9.53 Å². The third-order valence-electron chi connectivity index (χ3n) is 5.38.